The maximum atomic E-state index is 6.18. The van der Waals surface area contributed by atoms with Crippen molar-refractivity contribution in [2.75, 3.05) is 19.6 Å². The third-order valence-electron chi connectivity index (χ3n) is 4.07. The largest absolute Gasteiger partial charge is 0.324 e. The van der Waals surface area contributed by atoms with Gasteiger partial charge in [0.15, 0.2) is 0 Å². The van der Waals surface area contributed by atoms with Crippen molar-refractivity contribution >= 4 is 0 Å². The fraction of sp³-hybridized carbons (Fsp3) is 1.00. The van der Waals surface area contributed by atoms with Gasteiger partial charge in [-0.1, -0.05) is 19.8 Å². The summed E-state index contributed by atoms with van der Waals surface area (Å²) in [5, 5.41) is 0. The van der Waals surface area contributed by atoms with Crippen LogP contribution in [0, 0.1) is 5.92 Å². The van der Waals surface area contributed by atoms with Gasteiger partial charge < -0.3 is 10.6 Å². The Morgan fingerprint density at radius 3 is 2.73 bits per heavy atom. The van der Waals surface area contributed by atoms with E-state index in [0.717, 1.165) is 12.5 Å². The molecule has 1 atom stereocenters. The van der Waals surface area contributed by atoms with E-state index in [-0.39, 0.29) is 5.54 Å². The second-order valence-electron chi connectivity index (χ2n) is 5.72. The molecule has 1 aliphatic carbocycles. The zero-order valence-corrected chi connectivity index (χ0v) is 10.2. The molecule has 0 radical (unpaired) electrons. The highest BCUT2D eigenvalue weighted by atomic mass is 15.2. The Hall–Kier alpha value is -0.0800. The van der Waals surface area contributed by atoms with Crippen LogP contribution in [-0.2, 0) is 0 Å². The summed E-state index contributed by atoms with van der Waals surface area (Å²) in [5.41, 5.74) is 6.39. The first kappa shape index (κ1) is 11.4. The molecule has 0 amide bonds. The molecular formula is C13H26N2. The van der Waals surface area contributed by atoms with Gasteiger partial charge in [-0.05, 0) is 51.1 Å². The van der Waals surface area contributed by atoms with Gasteiger partial charge in [0.1, 0.15) is 0 Å². The fourth-order valence-corrected chi connectivity index (χ4v) is 2.84. The SMILES string of the molecule is CCCC1CCCN(CC2(N)CC2)CC1. The van der Waals surface area contributed by atoms with Crippen molar-refractivity contribution < 1.29 is 0 Å². The Morgan fingerprint density at radius 1 is 1.27 bits per heavy atom. The highest BCUT2D eigenvalue weighted by Crippen LogP contribution is 2.34. The van der Waals surface area contributed by atoms with Crippen molar-refractivity contribution in [1.29, 1.82) is 0 Å². The number of likely N-dealkylation sites (tertiary alicyclic amines) is 1. The summed E-state index contributed by atoms with van der Waals surface area (Å²) >= 11 is 0. The van der Waals surface area contributed by atoms with E-state index < -0.39 is 0 Å². The van der Waals surface area contributed by atoms with Crippen LogP contribution in [0.25, 0.3) is 0 Å². The highest BCUT2D eigenvalue weighted by molar-refractivity contribution is 5.01. The van der Waals surface area contributed by atoms with E-state index >= 15 is 0 Å². The average molecular weight is 210 g/mol. The molecule has 1 unspecified atom stereocenters. The molecule has 2 aliphatic rings. The van der Waals surface area contributed by atoms with Gasteiger partial charge in [-0.25, -0.2) is 0 Å². The minimum absolute atomic E-state index is 0.213. The minimum Gasteiger partial charge on any atom is -0.324 e. The quantitative estimate of drug-likeness (QED) is 0.772. The molecule has 0 aromatic carbocycles. The van der Waals surface area contributed by atoms with E-state index in [2.05, 4.69) is 11.8 Å². The molecule has 1 heterocycles. The van der Waals surface area contributed by atoms with E-state index in [1.807, 2.05) is 0 Å². The normalized spacial score (nSPS) is 31.2. The van der Waals surface area contributed by atoms with Crippen molar-refractivity contribution in [1.82, 2.24) is 4.90 Å². The van der Waals surface area contributed by atoms with Crippen LogP contribution >= 0.6 is 0 Å². The third-order valence-corrected chi connectivity index (χ3v) is 4.07. The Bertz CT molecular complexity index is 199. The number of nitrogens with zero attached hydrogens (tertiary/aromatic N) is 1. The molecule has 0 aromatic rings. The molecule has 1 saturated carbocycles. The zero-order valence-electron chi connectivity index (χ0n) is 10.2. The first-order chi connectivity index (χ1) is 7.22. The smallest absolute Gasteiger partial charge is 0.0284 e. The molecular weight excluding hydrogens is 184 g/mol. The lowest BCUT2D eigenvalue weighted by Gasteiger charge is -2.23. The highest BCUT2D eigenvalue weighted by Gasteiger charge is 2.39. The molecule has 1 saturated heterocycles. The van der Waals surface area contributed by atoms with Gasteiger partial charge in [0.2, 0.25) is 0 Å². The van der Waals surface area contributed by atoms with Gasteiger partial charge in [-0.15, -0.1) is 0 Å². The second kappa shape index (κ2) is 4.84. The van der Waals surface area contributed by atoms with E-state index in [4.69, 9.17) is 5.73 Å². The molecule has 15 heavy (non-hydrogen) atoms. The maximum Gasteiger partial charge on any atom is 0.0284 e. The fourth-order valence-electron chi connectivity index (χ4n) is 2.84. The standard InChI is InChI=1S/C13H26N2/c1-2-4-12-5-3-9-15(10-6-12)11-13(14)7-8-13/h12H,2-11,14H2,1H3. The van der Waals surface area contributed by atoms with Crippen LogP contribution in [0.1, 0.15) is 51.9 Å². The van der Waals surface area contributed by atoms with E-state index in [1.165, 1.54) is 58.0 Å². The lowest BCUT2D eigenvalue weighted by Crippen LogP contribution is -2.39. The summed E-state index contributed by atoms with van der Waals surface area (Å²) in [5.74, 6) is 0.993. The van der Waals surface area contributed by atoms with Gasteiger partial charge in [0, 0.05) is 12.1 Å². The second-order valence-corrected chi connectivity index (χ2v) is 5.72. The zero-order chi connectivity index (χ0) is 10.7. The first-order valence-corrected chi connectivity index (χ1v) is 6.73. The molecule has 1 aliphatic heterocycles. The van der Waals surface area contributed by atoms with Gasteiger partial charge in [0.25, 0.3) is 0 Å². The molecule has 2 fully saturated rings. The van der Waals surface area contributed by atoms with Crippen molar-refractivity contribution in [2.45, 2.75) is 57.4 Å². The molecule has 2 nitrogen and oxygen atoms in total. The van der Waals surface area contributed by atoms with Crippen LogP contribution in [0.5, 0.6) is 0 Å². The summed E-state index contributed by atoms with van der Waals surface area (Å²) in [6.07, 6.45) is 9.53. The van der Waals surface area contributed by atoms with E-state index in [0.29, 0.717) is 0 Å². The van der Waals surface area contributed by atoms with Crippen LogP contribution in [0.4, 0.5) is 0 Å². The molecule has 0 aromatic heterocycles. The van der Waals surface area contributed by atoms with Gasteiger partial charge >= 0.3 is 0 Å². The van der Waals surface area contributed by atoms with Crippen LogP contribution in [0.2, 0.25) is 0 Å². The Morgan fingerprint density at radius 2 is 2.07 bits per heavy atom. The Balaban J connectivity index is 1.74. The van der Waals surface area contributed by atoms with E-state index in [9.17, 15) is 0 Å². The molecule has 2 rings (SSSR count). The summed E-state index contributed by atoms with van der Waals surface area (Å²) in [4.78, 5) is 2.61. The predicted molar refractivity (Wildman–Crippen MR) is 64.8 cm³/mol. The van der Waals surface area contributed by atoms with Crippen LogP contribution < -0.4 is 5.73 Å². The van der Waals surface area contributed by atoms with Crippen LogP contribution in [0.15, 0.2) is 0 Å². The average Bonchev–Trinajstić information content (AvgIpc) is 2.94. The molecule has 2 N–H and O–H groups in total. The lowest BCUT2D eigenvalue weighted by atomic mass is 9.96. The number of hydrogen-bond acceptors (Lipinski definition) is 2. The number of hydrogen-bond donors (Lipinski definition) is 1. The van der Waals surface area contributed by atoms with Crippen LogP contribution in [-0.4, -0.2) is 30.1 Å². The number of rotatable bonds is 4. The van der Waals surface area contributed by atoms with Crippen molar-refractivity contribution in [3.8, 4) is 0 Å². The summed E-state index contributed by atoms with van der Waals surface area (Å²) in [6.45, 7) is 6.05. The molecule has 2 heteroatoms. The Labute approximate surface area is 94.2 Å². The van der Waals surface area contributed by atoms with Crippen molar-refractivity contribution in [3.05, 3.63) is 0 Å². The van der Waals surface area contributed by atoms with Gasteiger partial charge in [-0.2, -0.15) is 0 Å². The summed E-state index contributed by atoms with van der Waals surface area (Å²) in [6, 6.07) is 0. The van der Waals surface area contributed by atoms with Gasteiger partial charge in [-0.3, -0.25) is 0 Å². The third kappa shape index (κ3) is 3.46. The van der Waals surface area contributed by atoms with Crippen LogP contribution in [0.3, 0.4) is 0 Å². The monoisotopic (exact) mass is 210 g/mol. The van der Waals surface area contributed by atoms with Gasteiger partial charge in [0.05, 0.1) is 0 Å². The summed E-state index contributed by atoms with van der Waals surface area (Å²) < 4.78 is 0. The maximum absolute atomic E-state index is 6.18. The predicted octanol–water partition coefficient (Wildman–Crippen LogP) is 2.38. The Kier molecular flexibility index (Phi) is 3.68. The van der Waals surface area contributed by atoms with Crippen molar-refractivity contribution in [2.24, 2.45) is 11.7 Å². The van der Waals surface area contributed by atoms with E-state index in [1.54, 1.807) is 0 Å². The lowest BCUT2D eigenvalue weighted by molar-refractivity contribution is 0.255. The molecule has 0 bridgehead atoms. The summed E-state index contributed by atoms with van der Waals surface area (Å²) in [7, 11) is 0. The molecule has 0 spiro atoms. The first-order valence-electron chi connectivity index (χ1n) is 6.73. The minimum atomic E-state index is 0.213. The van der Waals surface area contributed by atoms with Crippen molar-refractivity contribution in [3.63, 3.8) is 0 Å². The number of nitrogens with two attached hydrogens (primary N) is 1. The topological polar surface area (TPSA) is 29.3 Å². The molecule has 88 valence electrons.